The van der Waals surface area contributed by atoms with Gasteiger partial charge in [-0.1, -0.05) is 31.7 Å². The van der Waals surface area contributed by atoms with Gasteiger partial charge in [0.05, 0.1) is 7.11 Å². The van der Waals surface area contributed by atoms with E-state index >= 15 is 0 Å². The fraction of sp³-hybridized carbons (Fsp3) is 0.421. The Bertz CT molecular complexity index is 644. The van der Waals surface area contributed by atoms with Gasteiger partial charge in [0, 0.05) is 11.8 Å². The van der Waals surface area contributed by atoms with Gasteiger partial charge < -0.3 is 4.74 Å². The normalized spacial score (nSPS) is 26.1. The quantitative estimate of drug-likeness (QED) is 0.777. The van der Waals surface area contributed by atoms with Crippen molar-refractivity contribution in [2.75, 3.05) is 7.11 Å². The van der Waals surface area contributed by atoms with E-state index in [1.807, 2.05) is 24.3 Å². The summed E-state index contributed by atoms with van der Waals surface area (Å²) in [5, 5.41) is 2.07. The molecule has 0 N–H and O–H groups in total. The monoisotopic (exact) mass is 284 g/mol. The summed E-state index contributed by atoms with van der Waals surface area (Å²) in [7, 11) is 1.65. The van der Waals surface area contributed by atoms with E-state index in [1.165, 1.54) is 0 Å². The highest BCUT2D eigenvalue weighted by Gasteiger charge is 2.43. The van der Waals surface area contributed by atoms with Crippen LogP contribution in [0.25, 0.3) is 12.7 Å². The Kier molecular flexibility index (Phi) is 4.66. The number of rotatable bonds is 5. The lowest BCUT2D eigenvalue weighted by Crippen LogP contribution is -2.28. The largest absolute Gasteiger partial charge is 0.497 e. The van der Waals surface area contributed by atoms with Crippen LogP contribution in [0.1, 0.15) is 32.6 Å². The van der Waals surface area contributed by atoms with Gasteiger partial charge in [-0.05, 0) is 47.8 Å². The van der Waals surface area contributed by atoms with Gasteiger partial charge in [-0.15, -0.1) is 6.58 Å². The summed E-state index contributed by atoms with van der Waals surface area (Å²) in [5.41, 5.74) is -0.244. The summed E-state index contributed by atoms with van der Waals surface area (Å²) < 4.78 is 5.18. The van der Waals surface area contributed by atoms with Crippen LogP contribution in [0.3, 0.4) is 0 Å². The summed E-state index contributed by atoms with van der Waals surface area (Å²) in [6, 6.07) is 5.89. The molecule has 0 amide bonds. The van der Waals surface area contributed by atoms with E-state index in [4.69, 9.17) is 4.74 Å². The molecular weight excluding hydrogens is 260 g/mol. The van der Waals surface area contributed by atoms with Crippen LogP contribution in [-0.2, 0) is 4.79 Å². The minimum absolute atomic E-state index is 0.244. The van der Waals surface area contributed by atoms with E-state index < -0.39 is 0 Å². The lowest BCUT2D eigenvalue weighted by Gasteiger charge is -2.27. The first kappa shape index (κ1) is 15.6. The predicted molar refractivity (Wildman–Crippen MR) is 87.5 cm³/mol. The predicted octanol–water partition coefficient (Wildman–Crippen LogP) is 2.84. The Morgan fingerprint density at radius 1 is 1.48 bits per heavy atom. The van der Waals surface area contributed by atoms with Gasteiger partial charge >= 0.3 is 0 Å². The van der Waals surface area contributed by atoms with Gasteiger partial charge in [0.15, 0.2) is 0 Å². The molecule has 1 aliphatic rings. The first-order valence-electron chi connectivity index (χ1n) is 7.50. The number of Topliss-reactive ketones (excluding diaryl/α,β-unsaturated/α-hetero) is 1. The number of ketones is 1. The van der Waals surface area contributed by atoms with Crippen LogP contribution in [0, 0.1) is 11.3 Å². The highest BCUT2D eigenvalue weighted by Crippen LogP contribution is 2.44. The van der Waals surface area contributed by atoms with Crippen molar-refractivity contribution in [2.24, 2.45) is 11.3 Å². The van der Waals surface area contributed by atoms with Gasteiger partial charge in [0.25, 0.3) is 0 Å². The van der Waals surface area contributed by atoms with Gasteiger partial charge in [0.1, 0.15) is 11.5 Å². The van der Waals surface area contributed by atoms with E-state index in [9.17, 15) is 4.79 Å². The fourth-order valence-electron chi connectivity index (χ4n) is 3.24. The third kappa shape index (κ3) is 3.10. The van der Waals surface area contributed by atoms with Crippen molar-refractivity contribution in [3.8, 4) is 5.75 Å². The molecule has 1 fully saturated rings. The second-order valence-corrected chi connectivity index (χ2v) is 6.03. The maximum absolute atomic E-state index is 12.2. The fourth-order valence-corrected chi connectivity index (χ4v) is 3.24. The van der Waals surface area contributed by atoms with Gasteiger partial charge in [-0.3, -0.25) is 4.79 Å². The van der Waals surface area contributed by atoms with Crippen molar-refractivity contribution in [3.63, 3.8) is 0 Å². The van der Waals surface area contributed by atoms with E-state index in [-0.39, 0.29) is 5.41 Å². The van der Waals surface area contributed by atoms with E-state index in [1.54, 1.807) is 7.11 Å². The van der Waals surface area contributed by atoms with Crippen molar-refractivity contribution >= 4 is 18.4 Å². The van der Waals surface area contributed by atoms with Crippen LogP contribution in [0.15, 0.2) is 30.9 Å². The number of hydrogen-bond donors (Lipinski definition) is 0. The van der Waals surface area contributed by atoms with Crippen molar-refractivity contribution in [1.82, 2.24) is 0 Å². The Morgan fingerprint density at radius 3 is 2.86 bits per heavy atom. The zero-order chi connectivity index (χ0) is 15.5. The van der Waals surface area contributed by atoms with Crippen LogP contribution in [0.4, 0.5) is 0 Å². The highest BCUT2D eigenvalue weighted by atomic mass is 16.5. The Morgan fingerprint density at radius 2 is 2.24 bits per heavy atom. The molecule has 2 heteroatoms. The molecule has 0 radical (unpaired) electrons. The van der Waals surface area contributed by atoms with E-state index in [0.29, 0.717) is 18.1 Å². The van der Waals surface area contributed by atoms with E-state index in [0.717, 1.165) is 35.4 Å². The van der Waals surface area contributed by atoms with Crippen LogP contribution >= 0.6 is 0 Å². The molecule has 1 aromatic carbocycles. The molecule has 0 aliphatic heterocycles. The van der Waals surface area contributed by atoms with Crippen LogP contribution in [-0.4, -0.2) is 12.9 Å². The van der Waals surface area contributed by atoms with Gasteiger partial charge in [-0.2, -0.15) is 0 Å². The Labute approximate surface area is 126 Å². The third-order valence-corrected chi connectivity index (χ3v) is 4.80. The average molecular weight is 284 g/mol. The maximum Gasteiger partial charge on any atom is 0.139 e. The lowest BCUT2D eigenvalue weighted by molar-refractivity contribution is -0.126. The minimum Gasteiger partial charge on any atom is -0.497 e. The average Bonchev–Trinajstić information content (AvgIpc) is 2.76. The lowest BCUT2D eigenvalue weighted by atomic mass is 9.75. The number of carbonyl (C=O) groups excluding carboxylic acids is 1. The molecular formula is C19H24O2. The second-order valence-electron chi connectivity index (χ2n) is 6.03. The number of ether oxygens (including phenoxy) is 1. The van der Waals surface area contributed by atoms with Crippen LogP contribution < -0.4 is 15.2 Å². The molecule has 0 saturated heterocycles. The number of methoxy groups -OCH3 is 1. The van der Waals surface area contributed by atoms with Crippen LogP contribution in [0.2, 0.25) is 0 Å². The molecule has 0 aromatic heterocycles. The van der Waals surface area contributed by atoms with Crippen molar-refractivity contribution in [2.45, 2.75) is 32.6 Å². The molecule has 1 saturated carbocycles. The molecule has 2 nitrogen and oxygen atoms in total. The smallest absolute Gasteiger partial charge is 0.139 e. The standard InChI is InChI=1S/C19H24O2/c1-5-16-9-11-18(20)19(16,3)12-6-7-15-8-10-17(21-4)13-14(15)2/h5,7-8,10,13,16H,1-2,6,9,11-12H2,3-4H3/b15-7+/t16-,19+/m1/s1. The van der Waals surface area contributed by atoms with Crippen molar-refractivity contribution < 1.29 is 9.53 Å². The molecule has 2 rings (SSSR count). The number of allylic oxidation sites excluding steroid dienone is 1. The molecule has 0 bridgehead atoms. The molecule has 0 unspecified atom stereocenters. The maximum atomic E-state index is 12.2. The SMILES string of the molecule is C=C[C@@H]1CCC(=O)[C@@]1(C)CC/C=c1\ccc(OC)cc1=C. The molecule has 112 valence electrons. The molecule has 0 heterocycles. The zero-order valence-electron chi connectivity index (χ0n) is 13.0. The molecule has 2 atom stereocenters. The Hall–Kier alpha value is -1.83. The first-order chi connectivity index (χ1) is 10.0. The van der Waals surface area contributed by atoms with Crippen molar-refractivity contribution in [3.05, 3.63) is 41.3 Å². The summed E-state index contributed by atoms with van der Waals surface area (Å²) in [5.74, 6) is 1.51. The number of carbonyl (C=O) groups is 1. The topological polar surface area (TPSA) is 26.3 Å². The minimum atomic E-state index is -0.244. The zero-order valence-corrected chi connectivity index (χ0v) is 13.0. The first-order valence-corrected chi connectivity index (χ1v) is 7.50. The van der Waals surface area contributed by atoms with E-state index in [2.05, 4.69) is 26.2 Å². The molecule has 1 aliphatic carbocycles. The number of hydrogen-bond acceptors (Lipinski definition) is 2. The molecule has 1 aromatic rings. The molecule has 21 heavy (non-hydrogen) atoms. The summed E-state index contributed by atoms with van der Waals surface area (Å²) in [6.45, 7) is 10.0. The summed E-state index contributed by atoms with van der Waals surface area (Å²) in [6.07, 6.45) is 7.50. The summed E-state index contributed by atoms with van der Waals surface area (Å²) >= 11 is 0. The van der Waals surface area contributed by atoms with Crippen molar-refractivity contribution in [1.29, 1.82) is 0 Å². The highest BCUT2D eigenvalue weighted by molar-refractivity contribution is 5.87. The van der Waals surface area contributed by atoms with Gasteiger partial charge in [0.2, 0.25) is 0 Å². The third-order valence-electron chi connectivity index (χ3n) is 4.80. The Balaban J connectivity index is 2.13. The summed E-state index contributed by atoms with van der Waals surface area (Å²) in [4.78, 5) is 12.2. The van der Waals surface area contributed by atoms with Crippen LogP contribution in [0.5, 0.6) is 5.75 Å². The second kappa shape index (κ2) is 6.30. The number of benzene rings is 1. The van der Waals surface area contributed by atoms with Gasteiger partial charge in [-0.25, -0.2) is 0 Å². The molecule has 0 spiro atoms.